The molecule has 6 heteroatoms. The van der Waals surface area contributed by atoms with E-state index in [-0.39, 0.29) is 23.9 Å². The van der Waals surface area contributed by atoms with Crippen molar-refractivity contribution in [3.8, 4) is 6.07 Å². The van der Waals surface area contributed by atoms with Crippen LogP contribution in [0.5, 0.6) is 0 Å². The summed E-state index contributed by atoms with van der Waals surface area (Å²) in [6.45, 7) is 0.791. The minimum Gasteiger partial charge on any atom is -0.394 e. The maximum absolute atomic E-state index is 10.7. The molecule has 1 fully saturated rings. The highest BCUT2D eigenvalue weighted by atomic mass is 16.6. The van der Waals surface area contributed by atoms with Crippen LogP contribution >= 0.6 is 0 Å². The summed E-state index contributed by atoms with van der Waals surface area (Å²) in [6.07, 6.45) is 1.82. The Labute approximate surface area is 104 Å². The number of hydrogen-bond donors (Lipinski definition) is 1. The fourth-order valence-electron chi connectivity index (χ4n) is 2.32. The molecule has 1 atom stereocenters. The smallest absolute Gasteiger partial charge is 0.270 e. The zero-order chi connectivity index (χ0) is 13.1. The van der Waals surface area contributed by atoms with Crippen LogP contribution in [-0.2, 0) is 0 Å². The highest BCUT2D eigenvalue weighted by Gasteiger charge is 2.26. The van der Waals surface area contributed by atoms with E-state index in [1.54, 1.807) is 6.07 Å². The van der Waals surface area contributed by atoms with Crippen molar-refractivity contribution in [3.05, 3.63) is 33.9 Å². The minimum atomic E-state index is -0.516. The third-order valence-corrected chi connectivity index (χ3v) is 3.21. The fraction of sp³-hybridized carbons (Fsp3) is 0.417. The number of aliphatic hydroxyl groups is 1. The van der Waals surface area contributed by atoms with Crippen LogP contribution in [-0.4, -0.2) is 29.2 Å². The van der Waals surface area contributed by atoms with Crippen molar-refractivity contribution in [1.82, 2.24) is 0 Å². The number of nitro benzene ring substituents is 1. The van der Waals surface area contributed by atoms with Gasteiger partial charge in [-0.2, -0.15) is 5.26 Å². The Morgan fingerprint density at radius 3 is 3.00 bits per heavy atom. The molecule has 1 aliphatic heterocycles. The van der Waals surface area contributed by atoms with Crippen molar-refractivity contribution >= 4 is 11.4 Å². The van der Waals surface area contributed by atoms with Crippen LogP contribution in [0.4, 0.5) is 11.4 Å². The lowest BCUT2D eigenvalue weighted by molar-refractivity contribution is -0.384. The number of anilines is 1. The van der Waals surface area contributed by atoms with Gasteiger partial charge in [0.15, 0.2) is 0 Å². The lowest BCUT2D eigenvalue weighted by atomic mass is 10.1. The number of nitriles is 1. The van der Waals surface area contributed by atoms with Gasteiger partial charge in [-0.1, -0.05) is 0 Å². The van der Waals surface area contributed by atoms with Gasteiger partial charge in [-0.3, -0.25) is 10.1 Å². The molecular weight excluding hydrogens is 234 g/mol. The van der Waals surface area contributed by atoms with Crippen molar-refractivity contribution in [2.75, 3.05) is 18.1 Å². The third kappa shape index (κ3) is 2.13. The van der Waals surface area contributed by atoms with Crippen molar-refractivity contribution in [2.24, 2.45) is 0 Å². The zero-order valence-corrected chi connectivity index (χ0v) is 9.74. The van der Waals surface area contributed by atoms with Crippen LogP contribution in [0.2, 0.25) is 0 Å². The number of nitrogens with zero attached hydrogens (tertiary/aromatic N) is 3. The summed E-state index contributed by atoms with van der Waals surface area (Å²) >= 11 is 0. The Balaban J connectivity index is 2.39. The first-order valence-corrected chi connectivity index (χ1v) is 5.73. The molecule has 1 N–H and O–H groups in total. The summed E-state index contributed by atoms with van der Waals surface area (Å²) in [6, 6.07) is 6.24. The van der Waals surface area contributed by atoms with Gasteiger partial charge in [-0.15, -0.1) is 0 Å². The SMILES string of the molecule is N#Cc1cc([N+](=O)[O-])ccc1N1CCC[C@@H]1CO. The van der Waals surface area contributed by atoms with Gasteiger partial charge in [0.05, 0.1) is 28.8 Å². The summed E-state index contributed by atoms with van der Waals surface area (Å²) in [7, 11) is 0. The molecule has 0 radical (unpaired) electrons. The highest BCUT2D eigenvalue weighted by Crippen LogP contribution is 2.30. The molecule has 0 spiro atoms. The van der Waals surface area contributed by atoms with Gasteiger partial charge in [0.1, 0.15) is 6.07 Å². The van der Waals surface area contributed by atoms with Crippen molar-refractivity contribution in [3.63, 3.8) is 0 Å². The Hall–Kier alpha value is -2.13. The van der Waals surface area contributed by atoms with Crippen LogP contribution in [0, 0.1) is 21.4 Å². The summed E-state index contributed by atoms with van der Waals surface area (Å²) in [5, 5.41) is 29.0. The first-order valence-electron chi connectivity index (χ1n) is 5.73. The van der Waals surface area contributed by atoms with Gasteiger partial charge in [0, 0.05) is 18.7 Å². The topological polar surface area (TPSA) is 90.4 Å². The molecule has 1 heterocycles. The van der Waals surface area contributed by atoms with E-state index >= 15 is 0 Å². The van der Waals surface area contributed by atoms with E-state index in [1.807, 2.05) is 11.0 Å². The van der Waals surface area contributed by atoms with Crippen LogP contribution in [0.3, 0.4) is 0 Å². The first kappa shape index (κ1) is 12.3. The monoisotopic (exact) mass is 247 g/mol. The van der Waals surface area contributed by atoms with Crippen LogP contribution < -0.4 is 4.90 Å². The predicted octanol–water partition coefficient (Wildman–Crippen LogP) is 1.43. The van der Waals surface area contributed by atoms with E-state index in [2.05, 4.69) is 0 Å². The van der Waals surface area contributed by atoms with Crippen molar-refractivity contribution < 1.29 is 10.0 Å². The standard InChI is InChI=1S/C12H13N3O3/c13-7-9-6-10(15(17)18)3-4-12(9)14-5-1-2-11(14)8-16/h3-4,6,11,16H,1-2,5,8H2/t11-/m1/s1. The Kier molecular flexibility index (Phi) is 3.44. The second-order valence-electron chi connectivity index (χ2n) is 4.24. The summed E-state index contributed by atoms with van der Waals surface area (Å²) < 4.78 is 0. The number of non-ortho nitro benzene ring substituents is 1. The van der Waals surface area contributed by atoms with Crippen molar-refractivity contribution in [1.29, 1.82) is 5.26 Å². The summed E-state index contributed by atoms with van der Waals surface area (Å²) in [5.41, 5.74) is 0.860. The van der Waals surface area contributed by atoms with Crippen LogP contribution in [0.25, 0.3) is 0 Å². The number of rotatable bonds is 3. The van der Waals surface area contributed by atoms with Gasteiger partial charge in [-0.05, 0) is 18.9 Å². The molecule has 2 rings (SSSR count). The summed E-state index contributed by atoms with van der Waals surface area (Å²) in [5.74, 6) is 0. The number of aliphatic hydroxyl groups excluding tert-OH is 1. The molecule has 6 nitrogen and oxygen atoms in total. The molecule has 0 bridgehead atoms. The van der Waals surface area contributed by atoms with E-state index in [0.29, 0.717) is 5.69 Å². The van der Waals surface area contributed by atoms with Crippen molar-refractivity contribution in [2.45, 2.75) is 18.9 Å². The average molecular weight is 247 g/mol. The van der Waals surface area contributed by atoms with E-state index in [9.17, 15) is 15.2 Å². The van der Waals surface area contributed by atoms with E-state index < -0.39 is 4.92 Å². The zero-order valence-electron chi connectivity index (χ0n) is 9.74. The Morgan fingerprint density at radius 2 is 2.39 bits per heavy atom. The minimum absolute atomic E-state index is 0.00134. The van der Waals surface area contributed by atoms with E-state index in [4.69, 9.17) is 5.26 Å². The molecule has 0 aromatic heterocycles. The van der Waals surface area contributed by atoms with E-state index in [0.717, 1.165) is 19.4 Å². The number of nitro groups is 1. The molecule has 1 aromatic rings. The Bertz CT molecular complexity index is 510. The van der Waals surface area contributed by atoms with Gasteiger partial charge in [-0.25, -0.2) is 0 Å². The number of benzene rings is 1. The maximum atomic E-state index is 10.7. The maximum Gasteiger partial charge on any atom is 0.270 e. The first-order chi connectivity index (χ1) is 8.67. The fourth-order valence-corrected chi connectivity index (χ4v) is 2.32. The van der Waals surface area contributed by atoms with E-state index in [1.165, 1.54) is 12.1 Å². The molecular formula is C12H13N3O3. The number of hydrogen-bond acceptors (Lipinski definition) is 5. The average Bonchev–Trinajstić information content (AvgIpc) is 2.85. The molecule has 0 aliphatic carbocycles. The predicted molar refractivity (Wildman–Crippen MR) is 65.3 cm³/mol. The molecule has 1 aromatic carbocycles. The molecule has 0 saturated carbocycles. The normalized spacial score (nSPS) is 18.7. The molecule has 94 valence electrons. The molecule has 1 aliphatic rings. The second-order valence-corrected chi connectivity index (χ2v) is 4.24. The van der Waals surface area contributed by atoms with Crippen LogP contribution in [0.1, 0.15) is 18.4 Å². The highest BCUT2D eigenvalue weighted by molar-refractivity contribution is 5.63. The second kappa shape index (κ2) is 5.02. The quantitative estimate of drug-likeness (QED) is 0.644. The van der Waals surface area contributed by atoms with Gasteiger partial charge in [0.2, 0.25) is 0 Å². The molecule has 18 heavy (non-hydrogen) atoms. The van der Waals surface area contributed by atoms with Crippen LogP contribution in [0.15, 0.2) is 18.2 Å². The molecule has 0 amide bonds. The summed E-state index contributed by atoms with van der Waals surface area (Å²) in [4.78, 5) is 12.1. The molecule has 1 saturated heterocycles. The lowest BCUT2D eigenvalue weighted by Gasteiger charge is -2.25. The third-order valence-electron chi connectivity index (χ3n) is 3.21. The van der Waals surface area contributed by atoms with Gasteiger partial charge >= 0.3 is 0 Å². The van der Waals surface area contributed by atoms with Gasteiger partial charge < -0.3 is 10.0 Å². The van der Waals surface area contributed by atoms with Gasteiger partial charge in [0.25, 0.3) is 5.69 Å². The molecule has 0 unspecified atom stereocenters. The Morgan fingerprint density at radius 1 is 1.61 bits per heavy atom. The lowest BCUT2D eigenvalue weighted by Crippen LogP contribution is -2.32. The largest absolute Gasteiger partial charge is 0.394 e.